The molecule has 0 unspecified atom stereocenters. The van der Waals surface area contributed by atoms with Gasteiger partial charge in [0.2, 0.25) is 0 Å². The molecule has 0 radical (unpaired) electrons. The summed E-state index contributed by atoms with van der Waals surface area (Å²) < 4.78 is 30.1. The molecule has 1 aromatic rings. The van der Waals surface area contributed by atoms with Gasteiger partial charge in [0.25, 0.3) is 10.1 Å². The highest BCUT2D eigenvalue weighted by molar-refractivity contribution is 7.85. The van der Waals surface area contributed by atoms with Crippen molar-refractivity contribution in [1.82, 2.24) is 0 Å². The molecule has 0 saturated heterocycles. The van der Waals surface area contributed by atoms with Gasteiger partial charge in [0.05, 0.1) is 0 Å². The average molecular weight is 242 g/mol. The molecule has 0 aliphatic carbocycles. The zero-order valence-electron chi connectivity index (χ0n) is 9.90. The molecular formula is C12H18O3S. The van der Waals surface area contributed by atoms with Crippen LogP contribution in [0.25, 0.3) is 0 Å². The minimum atomic E-state index is -3.93. The first-order valence-electron chi connectivity index (χ1n) is 5.29. The summed E-state index contributed by atoms with van der Waals surface area (Å²) in [5.74, 6) is -0.320. The number of rotatable bonds is 4. The third kappa shape index (κ3) is 3.61. The van der Waals surface area contributed by atoms with Gasteiger partial charge >= 0.3 is 0 Å². The Hall–Kier alpha value is -0.870. The Morgan fingerprint density at radius 1 is 1.19 bits per heavy atom. The monoisotopic (exact) mass is 242 g/mol. The summed E-state index contributed by atoms with van der Waals surface area (Å²) >= 11 is 0. The van der Waals surface area contributed by atoms with Crippen molar-refractivity contribution in [2.75, 3.05) is 0 Å². The quantitative estimate of drug-likeness (QED) is 0.826. The van der Waals surface area contributed by atoms with Gasteiger partial charge in [-0.05, 0) is 23.0 Å². The van der Waals surface area contributed by atoms with Crippen molar-refractivity contribution < 1.29 is 13.0 Å². The van der Waals surface area contributed by atoms with Crippen LogP contribution in [0.5, 0.6) is 0 Å². The predicted octanol–water partition coefficient (Wildman–Crippen LogP) is 2.76. The van der Waals surface area contributed by atoms with E-state index in [-0.39, 0.29) is 11.2 Å². The molecule has 0 spiro atoms. The van der Waals surface area contributed by atoms with Crippen LogP contribution in [-0.2, 0) is 21.3 Å². The lowest BCUT2D eigenvalue weighted by Gasteiger charge is -2.23. The molecule has 1 N–H and O–H groups in total. The van der Waals surface area contributed by atoms with Crippen molar-refractivity contribution in [1.29, 1.82) is 0 Å². The Bertz CT molecular complexity index is 444. The Morgan fingerprint density at radius 2 is 1.69 bits per heavy atom. The predicted molar refractivity (Wildman–Crippen MR) is 65.0 cm³/mol. The molecule has 1 aromatic carbocycles. The van der Waals surface area contributed by atoms with E-state index in [1.165, 1.54) is 5.56 Å². The molecule has 3 nitrogen and oxygen atoms in total. The van der Waals surface area contributed by atoms with Gasteiger partial charge < -0.3 is 0 Å². The lowest BCUT2D eigenvalue weighted by Crippen LogP contribution is -2.15. The Balaban J connectivity index is 2.92. The summed E-state index contributed by atoms with van der Waals surface area (Å²) in [5.41, 5.74) is 1.88. The van der Waals surface area contributed by atoms with Crippen LogP contribution in [0.2, 0.25) is 0 Å². The summed E-state index contributed by atoms with van der Waals surface area (Å²) in [5, 5.41) is 0. The van der Waals surface area contributed by atoms with E-state index in [2.05, 4.69) is 20.8 Å². The zero-order valence-corrected chi connectivity index (χ0v) is 10.7. The van der Waals surface area contributed by atoms with Gasteiger partial charge in [0, 0.05) is 0 Å². The average Bonchev–Trinajstić information content (AvgIpc) is 2.16. The van der Waals surface area contributed by atoms with Crippen molar-refractivity contribution in [3.8, 4) is 0 Å². The molecule has 16 heavy (non-hydrogen) atoms. The first kappa shape index (κ1) is 13.2. The second-order valence-corrected chi connectivity index (χ2v) is 6.11. The van der Waals surface area contributed by atoms with Crippen molar-refractivity contribution in [3.05, 3.63) is 35.4 Å². The van der Waals surface area contributed by atoms with E-state index in [1.807, 2.05) is 12.1 Å². The van der Waals surface area contributed by atoms with Gasteiger partial charge in [0.15, 0.2) is 0 Å². The normalized spacial score (nSPS) is 12.8. The van der Waals surface area contributed by atoms with E-state index in [4.69, 9.17) is 4.55 Å². The van der Waals surface area contributed by atoms with Gasteiger partial charge in [0.1, 0.15) is 5.75 Å². The van der Waals surface area contributed by atoms with Crippen molar-refractivity contribution in [3.63, 3.8) is 0 Å². The van der Waals surface area contributed by atoms with Crippen molar-refractivity contribution in [2.45, 2.75) is 38.4 Å². The Labute approximate surface area is 97.2 Å². The largest absolute Gasteiger partial charge is 0.285 e. The van der Waals surface area contributed by atoms with E-state index in [0.29, 0.717) is 5.56 Å². The molecule has 0 saturated carbocycles. The van der Waals surface area contributed by atoms with Gasteiger partial charge in [-0.25, -0.2) is 0 Å². The SMILES string of the molecule is CCC(C)(C)c1ccc(CS(=O)(=O)O)cc1. The smallest absolute Gasteiger partial charge is 0.269 e. The molecule has 90 valence electrons. The summed E-state index contributed by atoms with van der Waals surface area (Å²) in [7, 11) is -3.93. The summed E-state index contributed by atoms with van der Waals surface area (Å²) in [6.07, 6.45) is 1.02. The first-order valence-corrected chi connectivity index (χ1v) is 6.90. The fraction of sp³-hybridized carbons (Fsp3) is 0.500. The Kier molecular flexibility index (Phi) is 3.76. The lowest BCUT2D eigenvalue weighted by atomic mass is 9.82. The summed E-state index contributed by atoms with van der Waals surface area (Å²) in [6.45, 7) is 6.40. The highest BCUT2D eigenvalue weighted by Gasteiger charge is 2.17. The third-order valence-electron chi connectivity index (χ3n) is 2.97. The number of hydrogen-bond donors (Lipinski definition) is 1. The fourth-order valence-electron chi connectivity index (χ4n) is 1.47. The molecule has 0 aliphatic rings. The summed E-state index contributed by atoms with van der Waals surface area (Å²) in [6, 6.07) is 7.34. The van der Waals surface area contributed by atoms with Crippen LogP contribution in [0.15, 0.2) is 24.3 Å². The van der Waals surface area contributed by atoms with Gasteiger partial charge in [-0.1, -0.05) is 45.0 Å². The maximum absolute atomic E-state index is 10.7. The molecule has 0 fully saturated rings. The van der Waals surface area contributed by atoms with Crippen LogP contribution in [0, 0.1) is 0 Å². The topological polar surface area (TPSA) is 54.4 Å². The molecule has 0 amide bonds. The van der Waals surface area contributed by atoms with E-state index >= 15 is 0 Å². The highest BCUT2D eigenvalue weighted by Crippen LogP contribution is 2.26. The highest BCUT2D eigenvalue weighted by atomic mass is 32.2. The lowest BCUT2D eigenvalue weighted by molar-refractivity contribution is 0.482. The molecule has 4 heteroatoms. The van der Waals surface area contributed by atoms with Crippen LogP contribution >= 0.6 is 0 Å². The molecule has 0 atom stereocenters. The molecule has 0 bridgehead atoms. The molecule has 1 rings (SSSR count). The van der Waals surface area contributed by atoms with Crippen LogP contribution in [-0.4, -0.2) is 13.0 Å². The standard InChI is InChI=1S/C12H18O3S/c1-4-12(2,3)11-7-5-10(6-8-11)9-16(13,14)15/h5-8H,4,9H2,1-3H3,(H,13,14,15). The third-order valence-corrected chi connectivity index (χ3v) is 3.67. The van der Waals surface area contributed by atoms with Gasteiger partial charge in [-0.2, -0.15) is 8.42 Å². The molecule has 0 aliphatic heterocycles. The van der Waals surface area contributed by atoms with E-state index in [1.54, 1.807) is 12.1 Å². The maximum Gasteiger partial charge on any atom is 0.269 e. The van der Waals surface area contributed by atoms with Gasteiger partial charge in [-0.3, -0.25) is 4.55 Å². The minimum Gasteiger partial charge on any atom is -0.285 e. The number of hydrogen-bond acceptors (Lipinski definition) is 2. The van der Waals surface area contributed by atoms with Gasteiger partial charge in [-0.15, -0.1) is 0 Å². The molecule has 0 aromatic heterocycles. The van der Waals surface area contributed by atoms with Crippen molar-refractivity contribution in [2.24, 2.45) is 0 Å². The maximum atomic E-state index is 10.7. The Morgan fingerprint density at radius 3 is 2.06 bits per heavy atom. The second-order valence-electron chi connectivity index (χ2n) is 4.66. The fourth-order valence-corrected chi connectivity index (χ4v) is 2.08. The van der Waals surface area contributed by atoms with Crippen molar-refractivity contribution >= 4 is 10.1 Å². The van der Waals surface area contributed by atoms with Crippen LogP contribution < -0.4 is 0 Å². The van der Waals surface area contributed by atoms with E-state index in [9.17, 15) is 8.42 Å². The van der Waals surface area contributed by atoms with E-state index < -0.39 is 10.1 Å². The zero-order chi connectivity index (χ0) is 12.4. The van der Waals surface area contributed by atoms with Crippen LogP contribution in [0.1, 0.15) is 38.3 Å². The summed E-state index contributed by atoms with van der Waals surface area (Å²) in [4.78, 5) is 0. The molecular weight excluding hydrogens is 224 g/mol. The molecule has 0 heterocycles. The second kappa shape index (κ2) is 4.55. The minimum absolute atomic E-state index is 0.0939. The van der Waals surface area contributed by atoms with Crippen LogP contribution in [0.4, 0.5) is 0 Å². The number of benzene rings is 1. The van der Waals surface area contributed by atoms with Crippen LogP contribution in [0.3, 0.4) is 0 Å². The van der Waals surface area contributed by atoms with E-state index in [0.717, 1.165) is 6.42 Å². The first-order chi connectivity index (χ1) is 7.24.